The average molecular weight is 353 g/mol. The molecule has 1 aromatic heterocycles. The molecule has 0 aliphatic rings. The van der Waals surface area contributed by atoms with E-state index in [-0.39, 0.29) is 12.3 Å². The topological polar surface area (TPSA) is 75.1 Å². The van der Waals surface area contributed by atoms with Crippen LogP contribution < -0.4 is 5.32 Å². The number of aromatic nitrogens is 2. The number of rotatable bonds is 4. The minimum absolute atomic E-state index is 0.196. The van der Waals surface area contributed by atoms with Gasteiger partial charge < -0.3 is 10.4 Å². The van der Waals surface area contributed by atoms with Crippen molar-refractivity contribution in [3.63, 3.8) is 0 Å². The Hall–Kier alpha value is -0.530. The second-order valence-electron chi connectivity index (χ2n) is 3.27. The van der Waals surface area contributed by atoms with E-state index in [1.165, 1.54) is 6.20 Å². The summed E-state index contributed by atoms with van der Waals surface area (Å²) in [5.74, 6) is 0.178. The fourth-order valence-electron chi connectivity index (χ4n) is 0.965. The standard InChI is InChI=1S/C9H11Br2N3O2/c1-5(15)2-3-7(16)14-9-8(11)13-6(10)4-12-9/h4-5,15H,2-3H2,1H3,(H,12,14,16). The molecule has 5 nitrogen and oxygen atoms in total. The summed E-state index contributed by atoms with van der Waals surface area (Å²) in [6, 6.07) is 0. The molecule has 0 radical (unpaired) electrons. The number of carbonyl (C=O) groups excluding carboxylic acids is 1. The van der Waals surface area contributed by atoms with Crippen molar-refractivity contribution < 1.29 is 9.90 Å². The maximum atomic E-state index is 11.4. The highest BCUT2D eigenvalue weighted by Crippen LogP contribution is 2.19. The molecule has 0 spiro atoms. The van der Waals surface area contributed by atoms with Gasteiger partial charge in [0.05, 0.1) is 12.3 Å². The first-order valence-electron chi connectivity index (χ1n) is 4.65. The van der Waals surface area contributed by atoms with Gasteiger partial charge in [-0.3, -0.25) is 4.79 Å². The lowest BCUT2D eigenvalue weighted by atomic mass is 10.2. The minimum Gasteiger partial charge on any atom is -0.393 e. The van der Waals surface area contributed by atoms with Gasteiger partial charge in [0.25, 0.3) is 0 Å². The highest BCUT2D eigenvalue weighted by atomic mass is 79.9. The van der Waals surface area contributed by atoms with Crippen molar-refractivity contribution in [1.82, 2.24) is 9.97 Å². The van der Waals surface area contributed by atoms with Gasteiger partial charge >= 0.3 is 0 Å². The minimum atomic E-state index is -0.481. The third-order valence-electron chi connectivity index (χ3n) is 1.75. The van der Waals surface area contributed by atoms with Gasteiger partial charge in [-0.05, 0) is 45.2 Å². The molecule has 1 rings (SSSR count). The van der Waals surface area contributed by atoms with Crippen LogP contribution in [0.15, 0.2) is 15.4 Å². The quantitative estimate of drug-likeness (QED) is 0.870. The van der Waals surface area contributed by atoms with E-state index < -0.39 is 6.10 Å². The molecule has 1 unspecified atom stereocenters. The third-order valence-corrected chi connectivity index (χ3v) is 2.68. The Balaban J connectivity index is 2.56. The summed E-state index contributed by atoms with van der Waals surface area (Å²) in [5, 5.41) is 11.6. The summed E-state index contributed by atoms with van der Waals surface area (Å²) < 4.78 is 1.05. The van der Waals surface area contributed by atoms with Gasteiger partial charge in [-0.2, -0.15) is 0 Å². The lowest BCUT2D eigenvalue weighted by Crippen LogP contribution is -2.15. The van der Waals surface area contributed by atoms with Gasteiger partial charge in [0.1, 0.15) is 9.21 Å². The van der Waals surface area contributed by atoms with Crippen LogP contribution in [0.25, 0.3) is 0 Å². The van der Waals surface area contributed by atoms with E-state index in [4.69, 9.17) is 5.11 Å². The van der Waals surface area contributed by atoms with Crippen LogP contribution in [0.3, 0.4) is 0 Å². The molecule has 0 aliphatic heterocycles. The number of hydrogen-bond donors (Lipinski definition) is 2. The molecule has 0 saturated heterocycles. The fourth-order valence-corrected chi connectivity index (χ4v) is 1.88. The smallest absolute Gasteiger partial charge is 0.225 e. The van der Waals surface area contributed by atoms with Gasteiger partial charge in [0.2, 0.25) is 5.91 Å². The van der Waals surface area contributed by atoms with Crippen molar-refractivity contribution in [2.45, 2.75) is 25.9 Å². The van der Waals surface area contributed by atoms with Gasteiger partial charge in [-0.1, -0.05) is 0 Å². The Labute approximate surface area is 110 Å². The molecule has 1 heterocycles. The SMILES string of the molecule is CC(O)CCC(=O)Nc1ncc(Br)nc1Br. The summed E-state index contributed by atoms with van der Waals surface area (Å²) in [5.41, 5.74) is 0. The van der Waals surface area contributed by atoms with Crippen molar-refractivity contribution >= 4 is 43.6 Å². The number of nitrogens with one attached hydrogen (secondary N) is 1. The predicted molar refractivity (Wildman–Crippen MR) is 67.0 cm³/mol. The van der Waals surface area contributed by atoms with Crippen LogP contribution >= 0.6 is 31.9 Å². The Morgan fingerprint density at radius 2 is 2.31 bits per heavy atom. The molecule has 1 aromatic rings. The summed E-state index contributed by atoms with van der Waals surface area (Å²) >= 11 is 6.35. The van der Waals surface area contributed by atoms with Crippen LogP contribution in [0.2, 0.25) is 0 Å². The molecular formula is C9H11Br2N3O2. The van der Waals surface area contributed by atoms with Crippen molar-refractivity contribution in [3.05, 3.63) is 15.4 Å². The molecule has 0 fully saturated rings. The zero-order valence-electron chi connectivity index (χ0n) is 8.57. The second kappa shape index (κ2) is 6.27. The monoisotopic (exact) mass is 351 g/mol. The van der Waals surface area contributed by atoms with Crippen LogP contribution in [0.5, 0.6) is 0 Å². The Kier molecular flexibility index (Phi) is 5.30. The molecule has 2 N–H and O–H groups in total. The first-order valence-corrected chi connectivity index (χ1v) is 6.23. The van der Waals surface area contributed by atoms with Crippen LogP contribution in [-0.4, -0.2) is 27.1 Å². The van der Waals surface area contributed by atoms with Gasteiger partial charge in [-0.25, -0.2) is 9.97 Å². The van der Waals surface area contributed by atoms with Crippen LogP contribution in [-0.2, 0) is 4.79 Å². The maximum absolute atomic E-state index is 11.4. The number of carbonyl (C=O) groups is 1. The summed E-state index contributed by atoms with van der Waals surface area (Å²) in [4.78, 5) is 19.5. The number of halogens is 2. The highest BCUT2D eigenvalue weighted by molar-refractivity contribution is 9.11. The molecule has 1 amide bonds. The molecule has 1 atom stereocenters. The van der Waals surface area contributed by atoms with E-state index in [0.29, 0.717) is 21.4 Å². The van der Waals surface area contributed by atoms with Crippen LogP contribution in [0.1, 0.15) is 19.8 Å². The molecule has 88 valence electrons. The predicted octanol–water partition coefficient (Wildman–Crippen LogP) is 2.10. The molecular weight excluding hydrogens is 342 g/mol. The normalized spacial score (nSPS) is 12.2. The van der Waals surface area contributed by atoms with Crippen LogP contribution in [0.4, 0.5) is 5.82 Å². The van der Waals surface area contributed by atoms with E-state index in [9.17, 15) is 4.79 Å². The number of nitrogens with zero attached hydrogens (tertiary/aromatic N) is 2. The second-order valence-corrected chi connectivity index (χ2v) is 4.83. The lowest BCUT2D eigenvalue weighted by molar-refractivity contribution is -0.116. The van der Waals surface area contributed by atoms with Crippen molar-refractivity contribution in [2.24, 2.45) is 0 Å². The van der Waals surface area contributed by atoms with Gasteiger partial charge in [-0.15, -0.1) is 0 Å². The van der Waals surface area contributed by atoms with E-state index in [1.807, 2.05) is 0 Å². The summed E-state index contributed by atoms with van der Waals surface area (Å²) in [7, 11) is 0. The average Bonchev–Trinajstić information content (AvgIpc) is 2.19. The third kappa shape index (κ3) is 4.54. The van der Waals surface area contributed by atoms with E-state index >= 15 is 0 Å². The molecule has 16 heavy (non-hydrogen) atoms. The van der Waals surface area contributed by atoms with E-state index in [0.717, 1.165) is 0 Å². The van der Waals surface area contributed by atoms with Crippen molar-refractivity contribution in [2.75, 3.05) is 5.32 Å². The molecule has 0 bridgehead atoms. The molecule has 0 aromatic carbocycles. The van der Waals surface area contributed by atoms with Gasteiger partial charge in [0.15, 0.2) is 5.82 Å². The molecule has 0 saturated carbocycles. The summed E-state index contributed by atoms with van der Waals surface area (Å²) in [6.45, 7) is 1.64. The lowest BCUT2D eigenvalue weighted by Gasteiger charge is -2.06. The highest BCUT2D eigenvalue weighted by Gasteiger charge is 2.09. The fraction of sp³-hybridized carbons (Fsp3) is 0.444. The maximum Gasteiger partial charge on any atom is 0.225 e. The first kappa shape index (κ1) is 13.5. The largest absolute Gasteiger partial charge is 0.393 e. The van der Waals surface area contributed by atoms with E-state index in [1.54, 1.807) is 6.92 Å². The number of anilines is 1. The Morgan fingerprint density at radius 1 is 1.62 bits per heavy atom. The Morgan fingerprint density at radius 3 is 2.88 bits per heavy atom. The zero-order valence-corrected chi connectivity index (χ0v) is 11.7. The molecule has 0 aliphatic carbocycles. The van der Waals surface area contributed by atoms with Crippen molar-refractivity contribution in [1.29, 1.82) is 0 Å². The van der Waals surface area contributed by atoms with Crippen LogP contribution in [0, 0.1) is 0 Å². The number of aliphatic hydroxyl groups is 1. The van der Waals surface area contributed by atoms with Gasteiger partial charge in [0, 0.05) is 6.42 Å². The zero-order chi connectivity index (χ0) is 12.1. The first-order chi connectivity index (χ1) is 7.49. The molecule has 7 heteroatoms. The number of aliphatic hydroxyl groups excluding tert-OH is 1. The van der Waals surface area contributed by atoms with E-state index in [2.05, 4.69) is 47.1 Å². The van der Waals surface area contributed by atoms with Crippen molar-refractivity contribution in [3.8, 4) is 0 Å². The summed E-state index contributed by atoms with van der Waals surface area (Å²) in [6.07, 6.45) is 1.69. The number of hydrogen-bond acceptors (Lipinski definition) is 4. The Bertz CT molecular complexity index is 385. The number of amides is 1.